The molecule has 0 radical (unpaired) electrons. The quantitative estimate of drug-likeness (QED) is 0.0347. The predicted octanol–water partition coefficient (Wildman–Crippen LogP) is 23.9. The lowest BCUT2D eigenvalue weighted by atomic mass is 10.0. The molecule has 0 rings (SSSR count). The van der Waals surface area contributed by atoms with Gasteiger partial charge in [-0.2, -0.15) is 0 Å². The Morgan fingerprint density at radius 1 is 0.160 bits per heavy atom. The smallest absolute Gasteiger partial charge is 0.303 e. The second-order valence-corrected chi connectivity index (χ2v) is 24.4. The predicted molar refractivity (Wildman–Crippen MR) is 360 cm³/mol. The van der Waals surface area contributed by atoms with Crippen LogP contribution in [0.25, 0.3) is 0 Å². The van der Waals surface area contributed by atoms with Crippen molar-refractivity contribution in [1.82, 2.24) is 0 Å². The summed E-state index contributed by atoms with van der Waals surface area (Å²) in [6, 6.07) is 0. The van der Waals surface area contributed by atoms with Crippen molar-refractivity contribution in [2.24, 2.45) is 0 Å². The number of hydrogen-bond donors (Lipinski definition) is 4. The molecule has 0 heterocycles. The van der Waals surface area contributed by atoms with Crippen LogP contribution in [-0.4, -0.2) is 55.3 Å². The molecule has 8 nitrogen and oxygen atoms in total. The van der Waals surface area contributed by atoms with Gasteiger partial charge in [-0.25, -0.2) is 0 Å². The van der Waals surface area contributed by atoms with Crippen molar-refractivity contribution in [3.63, 3.8) is 0 Å². The molecule has 0 aliphatic carbocycles. The average Bonchev–Trinajstić information content (AvgIpc) is 3.43. The Kier molecular flexibility index (Phi) is 91.7. The second kappa shape index (κ2) is 84.5. The fourth-order valence-corrected chi connectivity index (χ4v) is 10.6. The maximum absolute atomic E-state index is 10.3. The molecule has 0 fully saturated rings. The maximum atomic E-state index is 10.3. The maximum Gasteiger partial charge on any atom is 0.303 e. The number of carboxylic acids is 4. The molecule has 0 aromatic heterocycles. The highest BCUT2D eigenvalue weighted by Crippen LogP contribution is 2.18. The summed E-state index contributed by atoms with van der Waals surface area (Å²) < 4.78 is 0. The minimum absolute atomic E-state index is 0. The molecule has 0 aliphatic heterocycles. The van der Waals surface area contributed by atoms with E-state index in [2.05, 4.69) is 27.7 Å². The molecule has 0 unspecified atom stereocenters. The van der Waals surface area contributed by atoms with Gasteiger partial charge < -0.3 is 20.4 Å². The minimum Gasteiger partial charge on any atom is -0.481 e. The van der Waals surface area contributed by atoms with E-state index in [1.807, 2.05) is 0 Å². The van der Waals surface area contributed by atoms with Gasteiger partial charge in [0.2, 0.25) is 0 Å². The zero-order valence-electron chi connectivity index (χ0n) is 54.7. The lowest BCUT2D eigenvalue weighted by Crippen LogP contribution is -1.93. The number of carbonyl (C=O) groups is 4. The van der Waals surface area contributed by atoms with Crippen LogP contribution >= 0.6 is 0 Å². The van der Waals surface area contributed by atoms with Crippen molar-refractivity contribution >= 4 is 34.8 Å². The summed E-state index contributed by atoms with van der Waals surface area (Å²) in [5.74, 6) is -2.61. The van der Waals surface area contributed by atoms with Crippen LogP contribution in [0.2, 0.25) is 0 Å². The van der Waals surface area contributed by atoms with E-state index in [-0.39, 0.29) is 11.0 Å². The summed E-state index contributed by atoms with van der Waals surface area (Å²) in [7, 11) is 0. The molecular formula is C72H148O8Si. The third-order valence-electron chi connectivity index (χ3n) is 16.0. The van der Waals surface area contributed by atoms with E-state index in [0.717, 1.165) is 51.4 Å². The Morgan fingerprint density at radius 3 is 0.309 bits per heavy atom. The van der Waals surface area contributed by atoms with E-state index in [4.69, 9.17) is 20.4 Å². The highest BCUT2D eigenvalue weighted by atomic mass is 28.1. The normalized spacial score (nSPS) is 10.7. The van der Waals surface area contributed by atoms with E-state index in [0.29, 0.717) is 25.7 Å². The first-order valence-electron chi connectivity index (χ1n) is 36.0. The van der Waals surface area contributed by atoms with Crippen LogP contribution in [-0.2, 0) is 19.2 Å². The van der Waals surface area contributed by atoms with Crippen LogP contribution in [0, 0.1) is 0 Å². The van der Waals surface area contributed by atoms with Gasteiger partial charge in [-0.1, -0.05) is 387 Å². The summed E-state index contributed by atoms with van der Waals surface area (Å²) >= 11 is 0. The first-order chi connectivity index (χ1) is 39.1. The van der Waals surface area contributed by atoms with E-state index in [9.17, 15) is 19.2 Å². The van der Waals surface area contributed by atoms with Crippen molar-refractivity contribution in [3.05, 3.63) is 0 Å². The largest absolute Gasteiger partial charge is 0.481 e. The Bertz CT molecular complexity index is 990. The molecule has 0 spiro atoms. The van der Waals surface area contributed by atoms with E-state index in [1.165, 1.54) is 334 Å². The summed E-state index contributed by atoms with van der Waals surface area (Å²) in [5.41, 5.74) is 0. The van der Waals surface area contributed by atoms with E-state index in [1.54, 1.807) is 0 Å². The fraction of sp³-hybridized carbons (Fsp3) is 0.944. The first-order valence-corrected chi connectivity index (χ1v) is 36.0. The van der Waals surface area contributed by atoms with Crippen molar-refractivity contribution in [2.75, 3.05) is 0 Å². The second-order valence-electron chi connectivity index (χ2n) is 24.4. The van der Waals surface area contributed by atoms with Gasteiger partial charge in [0, 0.05) is 25.7 Å². The van der Waals surface area contributed by atoms with Crippen LogP contribution < -0.4 is 0 Å². The van der Waals surface area contributed by atoms with Crippen LogP contribution in [0.1, 0.15) is 439 Å². The van der Waals surface area contributed by atoms with E-state index < -0.39 is 23.9 Å². The van der Waals surface area contributed by atoms with Gasteiger partial charge in [-0.15, -0.1) is 0 Å². The molecule has 0 bridgehead atoms. The van der Waals surface area contributed by atoms with Gasteiger partial charge in [0.15, 0.2) is 0 Å². The molecule has 81 heavy (non-hydrogen) atoms. The van der Waals surface area contributed by atoms with Crippen LogP contribution in [0.4, 0.5) is 0 Å². The molecule has 488 valence electrons. The summed E-state index contributed by atoms with van der Waals surface area (Å²) in [6.07, 6.45) is 80.8. The number of aliphatic carboxylic acids is 4. The summed E-state index contributed by atoms with van der Waals surface area (Å²) in [6.45, 7) is 9.08. The van der Waals surface area contributed by atoms with Crippen LogP contribution in [0.15, 0.2) is 0 Å². The zero-order chi connectivity index (χ0) is 59.6. The molecule has 0 amide bonds. The van der Waals surface area contributed by atoms with Crippen LogP contribution in [0.5, 0.6) is 0 Å². The highest BCUT2D eigenvalue weighted by Gasteiger charge is 2.02. The molecule has 4 N–H and O–H groups in total. The Morgan fingerprint density at radius 2 is 0.235 bits per heavy atom. The van der Waals surface area contributed by atoms with Gasteiger partial charge in [0.1, 0.15) is 0 Å². The minimum atomic E-state index is -0.653. The molecule has 9 heteroatoms. The number of hydrogen-bond acceptors (Lipinski definition) is 4. The van der Waals surface area contributed by atoms with Gasteiger partial charge in [0.05, 0.1) is 0 Å². The highest BCUT2D eigenvalue weighted by molar-refractivity contribution is 5.75. The van der Waals surface area contributed by atoms with Crippen molar-refractivity contribution in [3.8, 4) is 0 Å². The van der Waals surface area contributed by atoms with Crippen molar-refractivity contribution in [1.29, 1.82) is 0 Å². The monoisotopic (exact) mass is 1170 g/mol. The summed E-state index contributed by atoms with van der Waals surface area (Å²) in [4.78, 5) is 41.3. The molecule has 0 atom stereocenters. The zero-order valence-corrected chi connectivity index (χ0v) is 54.7. The molecule has 0 saturated heterocycles. The Labute approximate surface area is 510 Å². The van der Waals surface area contributed by atoms with Gasteiger partial charge in [-0.05, 0) is 36.6 Å². The van der Waals surface area contributed by atoms with Gasteiger partial charge >= 0.3 is 23.9 Å². The Balaban J connectivity index is -0.000000316. The van der Waals surface area contributed by atoms with Crippen LogP contribution in [0.3, 0.4) is 0 Å². The molecule has 0 aromatic carbocycles. The standard InChI is InChI=1S/4C18H36O2.H4Si/c4*1-2-3-4-5-6-7-8-9-10-11-12-13-14-15-16-17-18(19)20;/h4*2-17H2,1H3,(H,19,20);1H4. The third kappa shape index (κ3) is 104. The molecule has 0 aliphatic rings. The molecule has 0 saturated carbocycles. The lowest BCUT2D eigenvalue weighted by Gasteiger charge is -2.03. The topological polar surface area (TPSA) is 149 Å². The Hall–Kier alpha value is -1.90. The lowest BCUT2D eigenvalue weighted by molar-refractivity contribution is -0.138. The number of unbranched alkanes of at least 4 members (excludes halogenated alkanes) is 56. The fourth-order valence-electron chi connectivity index (χ4n) is 10.6. The average molecular weight is 1170 g/mol. The van der Waals surface area contributed by atoms with Crippen molar-refractivity contribution < 1.29 is 39.6 Å². The first kappa shape index (κ1) is 87.9. The third-order valence-corrected chi connectivity index (χ3v) is 16.0. The van der Waals surface area contributed by atoms with Gasteiger partial charge in [-0.3, -0.25) is 19.2 Å². The molecule has 0 aromatic rings. The summed E-state index contributed by atoms with van der Waals surface area (Å²) in [5, 5.41) is 34.1. The van der Waals surface area contributed by atoms with Gasteiger partial charge in [0.25, 0.3) is 0 Å². The number of carboxylic acid groups (broad SMARTS) is 4. The molecular weight excluding hydrogens is 1020 g/mol. The SMILES string of the molecule is CCCCCCCCCCCCCCCCCC(=O)O.CCCCCCCCCCCCCCCCCC(=O)O.CCCCCCCCCCCCCCCCCC(=O)O.CCCCCCCCCCCCCCCCCC(=O)O.[SiH4]. The number of rotatable bonds is 64. The van der Waals surface area contributed by atoms with E-state index >= 15 is 0 Å². The van der Waals surface area contributed by atoms with Crippen molar-refractivity contribution in [2.45, 2.75) is 439 Å².